The molecule has 0 heterocycles. The summed E-state index contributed by atoms with van der Waals surface area (Å²) in [5, 5.41) is 0. The topological polar surface area (TPSA) is 78.9 Å². The second-order valence-electron chi connectivity index (χ2n) is 23.0. The van der Waals surface area contributed by atoms with E-state index in [9.17, 15) is 14.4 Å². The van der Waals surface area contributed by atoms with Crippen molar-refractivity contribution >= 4 is 17.9 Å². The molecule has 0 fully saturated rings. The normalized spacial score (nSPS) is 12.7. The van der Waals surface area contributed by atoms with Crippen LogP contribution in [-0.2, 0) is 28.6 Å². The van der Waals surface area contributed by atoms with E-state index < -0.39 is 6.10 Å². The number of hydrogen-bond donors (Lipinski definition) is 0. The summed E-state index contributed by atoms with van der Waals surface area (Å²) in [5.41, 5.74) is 0. The molecule has 0 spiro atoms. The quantitative estimate of drug-likeness (QED) is 0.0261. The van der Waals surface area contributed by atoms with E-state index in [1.54, 1.807) is 0 Å². The second kappa shape index (κ2) is 68.8. The van der Waals surface area contributed by atoms with E-state index in [1.807, 2.05) is 0 Å². The zero-order chi connectivity index (χ0) is 58.5. The summed E-state index contributed by atoms with van der Waals surface area (Å²) < 4.78 is 17.0. The van der Waals surface area contributed by atoms with Gasteiger partial charge in [-0.1, -0.05) is 323 Å². The number of carbonyl (C=O) groups is 3. The molecular weight excluding hydrogens is 997 g/mol. The summed E-state index contributed by atoms with van der Waals surface area (Å²) in [6, 6.07) is 0. The third kappa shape index (κ3) is 67.0. The second-order valence-corrected chi connectivity index (χ2v) is 23.0. The Hall–Kier alpha value is -3.67. The summed E-state index contributed by atoms with van der Waals surface area (Å²) in [6.07, 6.45) is 92.9. The van der Waals surface area contributed by atoms with Crippen LogP contribution in [0.25, 0.3) is 0 Å². The molecule has 0 N–H and O–H groups in total. The van der Waals surface area contributed by atoms with Gasteiger partial charge in [0.2, 0.25) is 0 Å². The third-order valence-electron chi connectivity index (χ3n) is 15.1. The Balaban J connectivity index is 4.33. The minimum atomic E-state index is -0.796. The van der Waals surface area contributed by atoms with Gasteiger partial charge in [-0.15, -0.1) is 0 Å². The highest BCUT2D eigenvalue weighted by atomic mass is 16.6. The van der Waals surface area contributed by atoms with Crippen molar-refractivity contribution in [3.8, 4) is 0 Å². The van der Waals surface area contributed by atoms with Gasteiger partial charge in [0.25, 0.3) is 0 Å². The van der Waals surface area contributed by atoms with Gasteiger partial charge in [0.15, 0.2) is 6.10 Å². The summed E-state index contributed by atoms with van der Waals surface area (Å²) in [4.78, 5) is 38.4. The molecule has 6 nitrogen and oxygen atoms in total. The van der Waals surface area contributed by atoms with E-state index in [4.69, 9.17) is 14.2 Å². The summed E-state index contributed by atoms with van der Waals surface area (Å²) in [5.74, 6) is -0.917. The highest BCUT2D eigenvalue weighted by Crippen LogP contribution is 2.18. The molecule has 0 saturated heterocycles. The molecule has 0 aliphatic heterocycles. The maximum absolute atomic E-state index is 13.0. The Morgan fingerprint density at radius 2 is 0.481 bits per heavy atom. The number of allylic oxidation sites excluding steroid dienone is 16. The number of esters is 3. The Bertz CT molecular complexity index is 1580. The van der Waals surface area contributed by atoms with E-state index in [0.29, 0.717) is 19.3 Å². The smallest absolute Gasteiger partial charge is 0.306 e. The van der Waals surface area contributed by atoms with Gasteiger partial charge in [-0.05, 0) is 96.3 Å². The molecule has 0 radical (unpaired) electrons. The first-order chi connectivity index (χ1) is 40.0. The van der Waals surface area contributed by atoms with Crippen LogP contribution >= 0.6 is 0 Å². The van der Waals surface area contributed by atoms with E-state index in [-0.39, 0.29) is 31.1 Å². The maximum atomic E-state index is 13.0. The van der Waals surface area contributed by atoms with Crippen LogP contribution in [0.15, 0.2) is 97.2 Å². The SMILES string of the molecule is CC/C=C\C/C=C\C/C=C\C/C=C\CCCCCCCCCCCCCCC(=O)OCC(COC(=O)CCCC/C=C\C/C=C\C/C=C\C/C=C\CC)OC(=O)CCCCCCCCCCCCCCCCCCCCCCCCC. The average molecular weight is 1130 g/mol. The van der Waals surface area contributed by atoms with Crippen LogP contribution in [0.3, 0.4) is 0 Å². The molecule has 0 aliphatic rings. The largest absolute Gasteiger partial charge is 0.462 e. The predicted molar refractivity (Wildman–Crippen MR) is 353 cm³/mol. The van der Waals surface area contributed by atoms with Crippen molar-refractivity contribution < 1.29 is 28.6 Å². The highest BCUT2D eigenvalue weighted by Gasteiger charge is 2.19. The van der Waals surface area contributed by atoms with Gasteiger partial charge in [0.1, 0.15) is 13.2 Å². The maximum Gasteiger partial charge on any atom is 0.306 e. The molecule has 0 aromatic heterocycles. The van der Waals surface area contributed by atoms with E-state index in [0.717, 1.165) is 109 Å². The fourth-order valence-electron chi connectivity index (χ4n) is 9.96. The van der Waals surface area contributed by atoms with Crippen LogP contribution in [0.2, 0.25) is 0 Å². The average Bonchev–Trinajstić information content (AvgIpc) is 3.47. The van der Waals surface area contributed by atoms with Gasteiger partial charge in [-0.3, -0.25) is 14.4 Å². The Morgan fingerprint density at radius 3 is 0.778 bits per heavy atom. The van der Waals surface area contributed by atoms with Crippen molar-refractivity contribution in [2.45, 2.75) is 348 Å². The number of hydrogen-bond acceptors (Lipinski definition) is 6. The van der Waals surface area contributed by atoms with Gasteiger partial charge in [-0.2, -0.15) is 0 Å². The standard InChI is InChI=1S/C75H130O6/c1-4-7-10-13-16-19-22-25-28-30-32-34-36-37-39-40-42-44-47-50-53-56-59-62-65-68-74(77)80-71-72(70-79-73(76)67-64-61-58-55-52-49-46-27-24-21-18-15-12-9-6-3)81-75(78)69-66-63-60-57-54-51-48-45-43-41-38-35-33-31-29-26-23-20-17-14-11-8-5-2/h7,9-10,12,16,18-19,21,25,27-28,32,34,46,52,55,72H,4-6,8,11,13-15,17,20,22-24,26,29-31,33,35-45,47-51,53-54,56-71H2,1-3H3/b10-7-,12-9-,19-16-,21-18-,28-25-,34-32-,46-27-,55-52-. The Labute approximate surface area is 502 Å². The monoisotopic (exact) mass is 1130 g/mol. The van der Waals surface area contributed by atoms with Crippen molar-refractivity contribution in [2.24, 2.45) is 0 Å². The van der Waals surface area contributed by atoms with Crippen LogP contribution < -0.4 is 0 Å². The van der Waals surface area contributed by atoms with E-state index in [2.05, 4.69) is 118 Å². The molecule has 6 heteroatoms. The lowest BCUT2D eigenvalue weighted by Crippen LogP contribution is -2.30. The van der Waals surface area contributed by atoms with E-state index >= 15 is 0 Å². The lowest BCUT2D eigenvalue weighted by atomic mass is 10.0. The summed E-state index contributed by atoms with van der Waals surface area (Å²) in [6.45, 7) is 6.43. The minimum absolute atomic E-state index is 0.0889. The van der Waals surface area contributed by atoms with E-state index in [1.165, 1.54) is 193 Å². The molecule has 0 saturated carbocycles. The van der Waals surface area contributed by atoms with Gasteiger partial charge in [0.05, 0.1) is 0 Å². The molecular formula is C75H130O6. The first kappa shape index (κ1) is 77.3. The zero-order valence-electron chi connectivity index (χ0n) is 53.5. The molecule has 1 atom stereocenters. The number of unbranched alkanes of at least 4 members (excludes halogenated alkanes) is 36. The van der Waals surface area contributed by atoms with Crippen molar-refractivity contribution in [2.75, 3.05) is 13.2 Å². The summed E-state index contributed by atoms with van der Waals surface area (Å²) in [7, 11) is 0. The van der Waals surface area contributed by atoms with Gasteiger partial charge in [0, 0.05) is 19.3 Å². The third-order valence-corrected chi connectivity index (χ3v) is 15.1. The Kier molecular flexibility index (Phi) is 65.7. The molecule has 0 aromatic rings. The number of carbonyl (C=O) groups excluding carboxylic acids is 3. The fraction of sp³-hybridized carbons (Fsp3) is 0.747. The van der Waals surface area contributed by atoms with Crippen LogP contribution in [-0.4, -0.2) is 37.2 Å². The van der Waals surface area contributed by atoms with Crippen LogP contribution in [0.5, 0.6) is 0 Å². The van der Waals surface area contributed by atoms with Crippen LogP contribution in [0.1, 0.15) is 342 Å². The summed E-state index contributed by atoms with van der Waals surface area (Å²) >= 11 is 0. The molecule has 0 rings (SSSR count). The lowest BCUT2D eigenvalue weighted by molar-refractivity contribution is -0.167. The molecule has 81 heavy (non-hydrogen) atoms. The molecule has 0 aromatic carbocycles. The van der Waals surface area contributed by atoms with Crippen molar-refractivity contribution in [1.82, 2.24) is 0 Å². The first-order valence-electron chi connectivity index (χ1n) is 34.7. The Morgan fingerprint density at radius 1 is 0.259 bits per heavy atom. The molecule has 466 valence electrons. The molecule has 1 unspecified atom stereocenters. The number of rotatable bonds is 63. The van der Waals surface area contributed by atoms with Gasteiger partial charge < -0.3 is 14.2 Å². The molecule has 0 bridgehead atoms. The highest BCUT2D eigenvalue weighted by molar-refractivity contribution is 5.71. The fourth-order valence-corrected chi connectivity index (χ4v) is 9.96. The zero-order valence-corrected chi connectivity index (χ0v) is 53.5. The number of ether oxygens (including phenoxy) is 3. The molecule has 0 aliphatic carbocycles. The first-order valence-corrected chi connectivity index (χ1v) is 34.7. The van der Waals surface area contributed by atoms with Crippen molar-refractivity contribution in [1.29, 1.82) is 0 Å². The molecule has 0 amide bonds. The van der Waals surface area contributed by atoms with Crippen LogP contribution in [0, 0.1) is 0 Å². The van der Waals surface area contributed by atoms with Gasteiger partial charge >= 0.3 is 17.9 Å². The van der Waals surface area contributed by atoms with Gasteiger partial charge in [-0.25, -0.2) is 0 Å². The van der Waals surface area contributed by atoms with Crippen molar-refractivity contribution in [3.05, 3.63) is 97.2 Å². The predicted octanol–water partition coefficient (Wildman–Crippen LogP) is 24.0. The minimum Gasteiger partial charge on any atom is -0.462 e. The van der Waals surface area contributed by atoms with Crippen molar-refractivity contribution in [3.63, 3.8) is 0 Å². The lowest BCUT2D eigenvalue weighted by Gasteiger charge is -2.18. The van der Waals surface area contributed by atoms with Crippen LogP contribution in [0.4, 0.5) is 0 Å².